The van der Waals surface area contributed by atoms with Gasteiger partial charge in [-0.1, -0.05) is 0 Å². The molecule has 0 radical (unpaired) electrons. The highest BCUT2D eigenvalue weighted by Crippen LogP contribution is 2.15. The van der Waals surface area contributed by atoms with Crippen molar-refractivity contribution in [3.05, 3.63) is 0 Å². The Hall–Kier alpha value is -0.650. The monoisotopic (exact) mass is 257 g/mol. The minimum absolute atomic E-state index is 0.0552. The fourth-order valence-corrected chi connectivity index (χ4v) is 2.10. The standard InChI is InChI=1S/C13H27N3O2/c1-5-18-10-11(2)15-12(17)13(3,4)16-8-6-14-7-9-16/h11,14H,5-10H2,1-4H3,(H,15,17). The highest BCUT2D eigenvalue weighted by Gasteiger charge is 2.35. The number of hydrogen-bond donors (Lipinski definition) is 2. The zero-order chi connectivity index (χ0) is 13.6. The first kappa shape index (κ1) is 15.4. The van der Waals surface area contributed by atoms with Crippen LogP contribution in [0.2, 0.25) is 0 Å². The molecule has 106 valence electrons. The maximum Gasteiger partial charge on any atom is 0.240 e. The zero-order valence-electron chi connectivity index (χ0n) is 12.1. The van der Waals surface area contributed by atoms with E-state index in [4.69, 9.17) is 4.74 Å². The summed E-state index contributed by atoms with van der Waals surface area (Å²) in [6, 6.07) is 0.0552. The molecule has 0 aromatic rings. The second kappa shape index (κ2) is 7.07. The highest BCUT2D eigenvalue weighted by atomic mass is 16.5. The summed E-state index contributed by atoms with van der Waals surface area (Å²) in [5.41, 5.74) is -0.456. The van der Waals surface area contributed by atoms with Crippen molar-refractivity contribution >= 4 is 5.91 Å². The van der Waals surface area contributed by atoms with Crippen LogP contribution in [0.1, 0.15) is 27.7 Å². The number of amides is 1. The van der Waals surface area contributed by atoms with E-state index in [-0.39, 0.29) is 11.9 Å². The molecule has 1 aliphatic rings. The fourth-order valence-electron chi connectivity index (χ4n) is 2.10. The Morgan fingerprint density at radius 1 is 1.44 bits per heavy atom. The SMILES string of the molecule is CCOCC(C)NC(=O)C(C)(C)N1CCNCC1. The summed E-state index contributed by atoms with van der Waals surface area (Å²) in [5.74, 6) is 0.0802. The number of carbonyl (C=O) groups is 1. The maximum atomic E-state index is 12.3. The molecule has 0 bridgehead atoms. The molecular formula is C13H27N3O2. The van der Waals surface area contributed by atoms with Crippen LogP contribution in [0.25, 0.3) is 0 Å². The van der Waals surface area contributed by atoms with Crippen molar-refractivity contribution in [1.29, 1.82) is 0 Å². The van der Waals surface area contributed by atoms with Crippen molar-refractivity contribution in [2.24, 2.45) is 0 Å². The van der Waals surface area contributed by atoms with Crippen molar-refractivity contribution in [3.8, 4) is 0 Å². The predicted octanol–water partition coefficient (Wildman–Crippen LogP) is 0.211. The third kappa shape index (κ3) is 4.23. The Balaban J connectivity index is 2.47. The molecule has 5 heteroatoms. The van der Waals surface area contributed by atoms with Crippen molar-refractivity contribution in [3.63, 3.8) is 0 Å². The molecule has 0 saturated carbocycles. The third-order valence-corrected chi connectivity index (χ3v) is 3.41. The van der Waals surface area contributed by atoms with Crippen LogP contribution >= 0.6 is 0 Å². The first-order valence-electron chi connectivity index (χ1n) is 6.83. The van der Waals surface area contributed by atoms with Crippen molar-refractivity contribution in [1.82, 2.24) is 15.5 Å². The minimum atomic E-state index is -0.456. The van der Waals surface area contributed by atoms with Crippen LogP contribution in [0.4, 0.5) is 0 Å². The molecule has 2 N–H and O–H groups in total. The molecule has 1 aliphatic heterocycles. The lowest BCUT2D eigenvalue weighted by atomic mass is 10.00. The number of hydrogen-bond acceptors (Lipinski definition) is 4. The average Bonchev–Trinajstić information content (AvgIpc) is 2.37. The molecule has 0 aromatic carbocycles. The van der Waals surface area contributed by atoms with Crippen LogP contribution in [-0.4, -0.2) is 61.8 Å². The molecule has 1 fully saturated rings. The Labute approximate surface area is 110 Å². The first-order valence-corrected chi connectivity index (χ1v) is 6.83. The second-order valence-corrected chi connectivity index (χ2v) is 5.33. The van der Waals surface area contributed by atoms with Crippen LogP contribution in [0, 0.1) is 0 Å². The number of nitrogens with one attached hydrogen (secondary N) is 2. The number of carbonyl (C=O) groups excluding carboxylic acids is 1. The van der Waals surface area contributed by atoms with Crippen LogP contribution in [-0.2, 0) is 9.53 Å². The molecule has 1 amide bonds. The molecule has 1 saturated heterocycles. The fraction of sp³-hybridized carbons (Fsp3) is 0.923. The summed E-state index contributed by atoms with van der Waals surface area (Å²) in [5, 5.41) is 6.33. The van der Waals surface area contributed by atoms with E-state index in [1.54, 1.807) is 0 Å². The van der Waals surface area contributed by atoms with Gasteiger partial charge < -0.3 is 15.4 Å². The lowest BCUT2D eigenvalue weighted by molar-refractivity contribution is -0.133. The number of rotatable bonds is 6. The molecule has 1 rings (SSSR count). The Bertz CT molecular complexity index is 263. The Morgan fingerprint density at radius 3 is 2.61 bits per heavy atom. The quantitative estimate of drug-likeness (QED) is 0.714. The molecule has 18 heavy (non-hydrogen) atoms. The van der Waals surface area contributed by atoms with Crippen molar-refractivity contribution in [2.75, 3.05) is 39.4 Å². The van der Waals surface area contributed by atoms with E-state index >= 15 is 0 Å². The smallest absolute Gasteiger partial charge is 0.240 e. The van der Waals surface area contributed by atoms with Gasteiger partial charge in [0.15, 0.2) is 0 Å². The highest BCUT2D eigenvalue weighted by molar-refractivity contribution is 5.85. The summed E-state index contributed by atoms with van der Waals surface area (Å²) in [6.45, 7) is 12.9. The molecule has 5 nitrogen and oxygen atoms in total. The van der Waals surface area contributed by atoms with Gasteiger partial charge in [0.2, 0.25) is 5.91 Å². The molecule has 0 aliphatic carbocycles. The van der Waals surface area contributed by atoms with E-state index in [1.165, 1.54) is 0 Å². The zero-order valence-corrected chi connectivity index (χ0v) is 12.1. The van der Waals surface area contributed by atoms with Gasteiger partial charge in [0.05, 0.1) is 12.1 Å². The lowest BCUT2D eigenvalue weighted by Gasteiger charge is -2.40. The van der Waals surface area contributed by atoms with Gasteiger partial charge in [0.25, 0.3) is 0 Å². The van der Waals surface area contributed by atoms with Gasteiger partial charge in [0, 0.05) is 38.8 Å². The van der Waals surface area contributed by atoms with Gasteiger partial charge in [-0.3, -0.25) is 9.69 Å². The van der Waals surface area contributed by atoms with E-state index < -0.39 is 5.54 Å². The molecule has 1 atom stereocenters. The van der Waals surface area contributed by atoms with Gasteiger partial charge in [-0.05, 0) is 27.7 Å². The second-order valence-electron chi connectivity index (χ2n) is 5.33. The molecular weight excluding hydrogens is 230 g/mol. The Morgan fingerprint density at radius 2 is 2.06 bits per heavy atom. The van der Waals surface area contributed by atoms with E-state index in [0.29, 0.717) is 13.2 Å². The minimum Gasteiger partial charge on any atom is -0.380 e. The van der Waals surface area contributed by atoms with E-state index in [9.17, 15) is 4.79 Å². The Kier molecular flexibility index (Phi) is 6.05. The van der Waals surface area contributed by atoms with Crippen molar-refractivity contribution in [2.45, 2.75) is 39.3 Å². The number of ether oxygens (including phenoxy) is 1. The van der Waals surface area contributed by atoms with Gasteiger partial charge in [-0.2, -0.15) is 0 Å². The molecule has 1 heterocycles. The maximum absolute atomic E-state index is 12.3. The predicted molar refractivity (Wildman–Crippen MR) is 72.6 cm³/mol. The molecule has 0 aromatic heterocycles. The molecule has 1 unspecified atom stereocenters. The number of nitrogens with zero attached hydrogens (tertiary/aromatic N) is 1. The van der Waals surface area contributed by atoms with Crippen LogP contribution in [0.3, 0.4) is 0 Å². The van der Waals surface area contributed by atoms with Gasteiger partial charge in [-0.15, -0.1) is 0 Å². The largest absolute Gasteiger partial charge is 0.380 e. The van der Waals surface area contributed by atoms with Gasteiger partial charge in [-0.25, -0.2) is 0 Å². The van der Waals surface area contributed by atoms with Crippen molar-refractivity contribution < 1.29 is 9.53 Å². The van der Waals surface area contributed by atoms with Gasteiger partial charge in [0.1, 0.15) is 0 Å². The van der Waals surface area contributed by atoms with E-state index in [1.807, 2.05) is 27.7 Å². The van der Waals surface area contributed by atoms with Gasteiger partial charge >= 0.3 is 0 Å². The summed E-state index contributed by atoms with van der Waals surface area (Å²) in [6.07, 6.45) is 0. The first-order chi connectivity index (χ1) is 8.48. The van der Waals surface area contributed by atoms with E-state index in [0.717, 1.165) is 26.2 Å². The number of piperazine rings is 1. The van der Waals surface area contributed by atoms with E-state index in [2.05, 4.69) is 15.5 Å². The van der Waals surface area contributed by atoms with Crippen LogP contribution in [0.15, 0.2) is 0 Å². The molecule has 0 spiro atoms. The third-order valence-electron chi connectivity index (χ3n) is 3.41. The van der Waals surface area contributed by atoms with Crippen LogP contribution < -0.4 is 10.6 Å². The normalized spacial score (nSPS) is 19.6. The summed E-state index contributed by atoms with van der Waals surface area (Å²) >= 11 is 0. The summed E-state index contributed by atoms with van der Waals surface area (Å²) in [7, 11) is 0. The lowest BCUT2D eigenvalue weighted by Crippen LogP contribution is -2.61. The van der Waals surface area contributed by atoms with Crippen LogP contribution in [0.5, 0.6) is 0 Å². The average molecular weight is 257 g/mol. The summed E-state index contributed by atoms with van der Waals surface area (Å²) in [4.78, 5) is 14.5. The summed E-state index contributed by atoms with van der Waals surface area (Å²) < 4.78 is 5.32. The topological polar surface area (TPSA) is 53.6 Å².